The molecule has 0 aromatic heterocycles. The number of hydrogen-bond acceptors (Lipinski definition) is 4. The van der Waals surface area contributed by atoms with Gasteiger partial charge in [-0.3, -0.25) is 14.8 Å². The first-order chi connectivity index (χ1) is 11.1. The van der Waals surface area contributed by atoms with Gasteiger partial charge in [-0.15, -0.1) is 0 Å². The maximum absolute atomic E-state index is 11.9. The van der Waals surface area contributed by atoms with Crippen LogP contribution < -0.4 is 10.8 Å². The van der Waals surface area contributed by atoms with Crippen LogP contribution in [-0.2, 0) is 16.0 Å². The number of hydrogen-bond donors (Lipinski definition) is 4. The molecular weight excluding hydrogens is 296 g/mol. The van der Waals surface area contributed by atoms with Crippen molar-refractivity contribution in [1.82, 2.24) is 10.8 Å². The quantitative estimate of drug-likeness (QED) is 0.470. The average Bonchev–Trinajstić information content (AvgIpc) is 2.60. The second kappa shape index (κ2) is 8.07. The fourth-order valence-electron chi connectivity index (χ4n) is 2.15. The highest BCUT2D eigenvalue weighted by molar-refractivity contribution is 5.87. The largest absolute Gasteiger partial charge is 0.394 e. The predicted octanol–water partition coefficient (Wildman–Crippen LogP) is 0.879. The molecule has 0 saturated carbocycles. The Hall–Kier alpha value is -2.70. The van der Waals surface area contributed by atoms with Crippen LogP contribution in [0.15, 0.2) is 54.6 Å². The van der Waals surface area contributed by atoms with E-state index in [0.717, 1.165) is 16.7 Å². The predicted molar refractivity (Wildman–Crippen MR) is 84.5 cm³/mol. The van der Waals surface area contributed by atoms with E-state index in [4.69, 9.17) is 10.3 Å². The molecule has 0 bridgehead atoms. The molecule has 2 aromatic carbocycles. The highest BCUT2D eigenvalue weighted by Crippen LogP contribution is 2.19. The molecule has 0 unspecified atom stereocenters. The molecule has 0 fully saturated rings. The van der Waals surface area contributed by atoms with E-state index in [9.17, 15) is 9.59 Å². The molecule has 0 aliphatic carbocycles. The second-order valence-corrected chi connectivity index (χ2v) is 5.02. The number of carbonyl (C=O) groups is 2. The summed E-state index contributed by atoms with van der Waals surface area (Å²) in [5.41, 5.74) is 4.31. The lowest BCUT2D eigenvalue weighted by Gasteiger charge is -2.14. The van der Waals surface area contributed by atoms with Crippen LogP contribution in [0.25, 0.3) is 11.1 Å². The number of carbonyl (C=O) groups excluding carboxylic acids is 2. The van der Waals surface area contributed by atoms with E-state index in [1.807, 2.05) is 54.6 Å². The molecule has 0 aliphatic rings. The molecule has 23 heavy (non-hydrogen) atoms. The van der Waals surface area contributed by atoms with Gasteiger partial charge in [0.2, 0.25) is 5.91 Å². The van der Waals surface area contributed by atoms with Crippen molar-refractivity contribution in [3.8, 4) is 11.1 Å². The normalized spacial score (nSPS) is 11.6. The van der Waals surface area contributed by atoms with Gasteiger partial charge in [0, 0.05) is 0 Å². The lowest BCUT2D eigenvalue weighted by molar-refractivity contribution is -0.135. The van der Waals surface area contributed by atoms with Crippen LogP contribution >= 0.6 is 0 Å². The van der Waals surface area contributed by atoms with E-state index in [2.05, 4.69) is 5.32 Å². The summed E-state index contributed by atoms with van der Waals surface area (Å²) >= 11 is 0. The van der Waals surface area contributed by atoms with E-state index in [1.54, 1.807) is 0 Å². The molecule has 0 aliphatic heterocycles. The van der Waals surface area contributed by atoms with Crippen molar-refractivity contribution in [3.63, 3.8) is 0 Å². The Bertz CT molecular complexity index is 656. The molecular formula is C17H18N2O4. The van der Waals surface area contributed by atoms with E-state index < -0.39 is 24.5 Å². The maximum Gasteiger partial charge on any atom is 0.268 e. The van der Waals surface area contributed by atoms with Gasteiger partial charge in [-0.25, -0.2) is 5.48 Å². The third-order valence-corrected chi connectivity index (χ3v) is 3.37. The molecule has 0 spiro atoms. The number of rotatable bonds is 6. The lowest BCUT2D eigenvalue weighted by Crippen LogP contribution is -2.48. The van der Waals surface area contributed by atoms with E-state index in [1.165, 1.54) is 5.48 Å². The van der Waals surface area contributed by atoms with Crippen LogP contribution in [0, 0.1) is 0 Å². The van der Waals surface area contributed by atoms with Crippen LogP contribution in [0.1, 0.15) is 5.56 Å². The Morgan fingerprint density at radius 2 is 1.57 bits per heavy atom. The minimum atomic E-state index is -1.17. The summed E-state index contributed by atoms with van der Waals surface area (Å²) in [4.78, 5) is 23.1. The Morgan fingerprint density at radius 3 is 2.13 bits per heavy atom. The van der Waals surface area contributed by atoms with Crippen LogP contribution in [0.4, 0.5) is 0 Å². The standard InChI is InChI=1S/C17H18N2O4/c20-11-15(17(22)19-23)18-16(21)10-12-6-8-14(9-7-12)13-4-2-1-3-5-13/h1-9,15,20,23H,10-11H2,(H,18,21)(H,19,22)/t15-/m0/s1. The minimum absolute atomic E-state index is 0.0737. The first-order valence-corrected chi connectivity index (χ1v) is 7.12. The van der Waals surface area contributed by atoms with Crippen molar-refractivity contribution in [2.45, 2.75) is 12.5 Å². The minimum Gasteiger partial charge on any atom is -0.394 e. The molecule has 6 nitrogen and oxygen atoms in total. The molecule has 0 heterocycles. The smallest absolute Gasteiger partial charge is 0.268 e. The number of amides is 2. The summed E-state index contributed by atoms with van der Waals surface area (Å²) in [6, 6.07) is 16.2. The van der Waals surface area contributed by atoms with Crippen molar-refractivity contribution in [3.05, 3.63) is 60.2 Å². The van der Waals surface area contributed by atoms with Gasteiger partial charge in [-0.2, -0.15) is 0 Å². The van der Waals surface area contributed by atoms with Gasteiger partial charge in [0.05, 0.1) is 13.0 Å². The highest BCUT2D eigenvalue weighted by atomic mass is 16.5. The van der Waals surface area contributed by atoms with Gasteiger partial charge in [-0.05, 0) is 16.7 Å². The molecule has 6 heteroatoms. The first kappa shape index (κ1) is 16.7. The first-order valence-electron chi connectivity index (χ1n) is 7.12. The van der Waals surface area contributed by atoms with Crippen molar-refractivity contribution in [2.75, 3.05) is 6.61 Å². The van der Waals surface area contributed by atoms with Crippen LogP contribution in [0.2, 0.25) is 0 Å². The zero-order valence-electron chi connectivity index (χ0n) is 12.4. The van der Waals surface area contributed by atoms with Gasteiger partial charge in [-0.1, -0.05) is 54.6 Å². The third kappa shape index (κ3) is 4.64. The molecule has 0 radical (unpaired) electrons. The van der Waals surface area contributed by atoms with Crippen molar-refractivity contribution >= 4 is 11.8 Å². The van der Waals surface area contributed by atoms with Crippen molar-refractivity contribution in [1.29, 1.82) is 0 Å². The topological polar surface area (TPSA) is 98.7 Å². The SMILES string of the molecule is O=C(Cc1ccc(-c2ccccc2)cc1)N[C@@H](CO)C(=O)NO. The molecule has 4 N–H and O–H groups in total. The van der Waals surface area contributed by atoms with Crippen molar-refractivity contribution < 1.29 is 19.9 Å². The monoisotopic (exact) mass is 314 g/mol. The fraction of sp³-hybridized carbons (Fsp3) is 0.176. The Labute approximate surface area is 133 Å². The third-order valence-electron chi connectivity index (χ3n) is 3.37. The Balaban J connectivity index is 1.98. The number of hydroxylamine groups is 1. The van der Waals surface area contributed by atoms with Gasteiger partial charge in [0.25, 0.3) is 5.91 Å². The summed E-state index contributed by atoms with van der Waals surface area (Å²) in [6.45, 7) is -0.592. The molecule has 1 atom stereocenters. The Kier molecular flexibility index (Phi) is 5.85. The second-order valence-electron chi connectivity index (χ2n) is 5.02. The number of aliphatic hydroxyl groups excluding tert-OH is 1. The van der Waals surface area contributed by atoms with Gasteiger partial charge in [0.1, 0.15) is 6.04 Å². The lowest BCUT2D eigenvalue weighted by atomic mass is 10.0. The zero-order valence-corrected chi connectivity index (χ0v) is 12.4. The van der Waals surface area contributed by atoms with E-state index in [-0.39, 0.29) is 6.42 Å². The molecule has 2 amide bonds. The molecule has 2 rings (SSSR count). The van der Waals surface area contributed by atoms with Crippen LogP contribution in [-0.4, -0.2) is 34.8 Å². The van der Waals surface area contributed by atoms with Crippen LogP contribution in [0.3, 0.4) is 0 Å². The summed E-state index contributed by atoms with van der Waals surface area (Å²) in [6.07, 6.45) is 0.0737. The van der Waals surface area contributed by atoms with Gasteiger partial charge >= 0.3 is 0 Å². The summed E-state index contributed by atoms with van der Waals surface area (Å²) in [5, 5.41) is 19.9. The molecule has 120 valence electrons. The zero-order chi connectivity index (χ0) is 16.7. The average molecular weight is 314 g/mol. The van der Waals surface area contributed by atoms with Crippen LogP contribution in [0.5, 0.6) is 0 Å². The van der Waals surface area contributed by atoms with E-state index in [0.29, 0.717) is 0 Å². The number of aliphatic hydroxyl groups is 1. The maximum atomic E-state index is 11.9. The number of nitrogens with one attached hydrogen (secondary N) is 2. The molecule has 0 saturated heterocycles. The van der Waals surface area contributed by atoms with Gasteiger partial charge < -0.3 is 10.4 Å². The van der Waals surface area contributed by atoms with Gasteiger partial charge in [0.15, 0.2) is 0 Å². The van der Waals surface area contributed by atoms with Crippen molar-refractivity contribution in [2.24, 2.45) is 0 Å². The summed E-state index contributed by atoms with van der Waals surface area (Å²) < 4.78 is 0. The number of benzene rings is 2. The molecule has 2 aromatic rings. The fourth-order valence-corrected chi connectivity index (χ4v) is 2.15. The Morgan fingerprint density at radius 1 is 0.957 bits per heavy atom. The highest BCUT2D eigenvalue weighted by Gasteiger charge is 2.19. The summed E-state index contributed by atoms with van der Waals surface area (Å²) in [5.74, 6) is -1.28. The van der Waals surface area contributed by atoms with E-state index >= 15 is 0 Å². The summed E-state index contributed by atoms with van der Waals surface area (Å²) in [7, 11) is 0.